The smallest absolute Gasteiger partial charge is 0.101 e. The van der Waals surface area contributed by atoms with Gasteiger partial charge >= 0.3 is 0 Å². The molecule has 0 amide bonds. The van der Waals surface area contributed by atoms with Crippen molar-refractivity contribution in [2.24, 2.45) is 0 Å². The fourth-order valence-electron chi connectivity index (χ4n) is 0.895. The van der Waals surface area contributed by atoms with Gasteiger partial charge in [-0.3, -0.25) is 4.98 Å². The SMILES string of the molecule is CC(C)(O)c1cccc(CCl)n1. The van der Waals surface area contributed by atoms with E-state index in [1.165, 1.54) is 0 Å². The number of aromatic nitrogens is 1. The highest BCUT2D eigenvalue weighted by Crippen LogP contribution is 2.17. The average molecular weight is 186 g/mol. The Morgan fingerprint density at radius 2 is 2.17 bits per heavy atom. The highest BCUT2D eigenvalue weighted by atomic mass is 35.5. The van der Waals surface area contributed by atoms with E-state index in [-0.39, 0.29) is 0 Å². The summed E-state index contributed by atoms with van der Waals surface area (Å²) in [6.45, 7) is 3.40. The fraction of sp³-hybridized carbons (Fsp3) is 0.444. The maximum Gasteiger partial charge on any atom is 0.101 e. The molecule has 0 saturated heterocycles. The van der Waals surface area contributed by atoms with Crippen LogP contribution in [0.2, 0.25) is 0 Å². The van der Waals surface area contributed by atoms with Crippen molar-refractivity contribution in [1.82, 2.24) is 4.98 Å². The molecule has 66 valence electrons. The Morgan fingerprint density at radius 3 is 2.67 bits per heavy atom. The summed E-state index contributed by atoms with van der Waals surface area (Å²) in [6.07, 6.45) is 0. The third-order valence-corrected chi connectivity index (χ3v) is 1.84. The minimum atomic E-state index is -0.887. The summed E-state index contributed by atoms with van der Waals surface area (Å²) in [6, 6.07) is 5.47. The van der Waals surface area contributed by atoms with E-state index in [4.69, 9.17) is 11.6 Å². The molecule has 0 atom stereocenters. The molecule has 1 aromatic heterocycles. The summed E-state index contributed by atoms with van der Waals surface area (Å²) >= 11 is 5.60. The van der Waals surface area contributed by atoms with Gasteiger partial charge in [0.2, 0.25) is 0 Å². The van der Waals surface area contributed by atoms with E-state index in [9.17, 15) is 5.11 Å². The highest BCUT2D eigenvalue weighted by molar-refractivity contribution is 6.16. The van der Waals surface area contributed by atoms with Crippen LogP contribution in [-0.2, 0) is 11.5 Å². The van der Waals surface area contributed by atoms with Crippen molar-refractivity contribution in [3.8, 4) is 0 Å². The van der Waals surface area contributed by atoms with Crippen LogP contribution in [0, 0.1) is 0 Å². The summed E-state index contributed by atoms with van der Waals surface area (Å²) in [5.74, 6) is 0.379. The van der Waals surface area contributed by atoms with E-state index in [0.717, 1.165) is 5.69 Å². The average Bonchev–Trinajstić information content (AvgIpc) is 2.03. The Morgan fingerprint density at radius 1 is 1.50 bits per heavy atom. The number of hydrogen-bond acceptors (Lipinski definition) is 2. The van der Waals surface area contributed by atoms with E-state index in [1.807, 2.05) is 12.1 Å². The van der Waals surface area contributed by atoms with Gasteiger partial charge in [0, 0.05) is 0 Å². The monoisotopic (exact) mass is 185 g/mol. The van der Waals surface area contributed by atoms with Crippen LogP contribution in [0.3, 0.4) is 0 Å². The van der Waals surface area contributed by atoms with Gasteiger partial charge in [0.15, 0.2) is 0 Å². The zero-order valence-corrected chi connectivity index (χ0v) is 7.97. The highest BCUT2D eigenvalue weighted by Gasteiger charge is 2.17. The molecule has 0 aliphatic heterocycles. The first-order valence-corrected chi connectivity index (χ1v) is 4.32. The van der Waals surface area contributed by atoms with Crippen LogP contribution < -0.4 is 0 Å². The quantitative estimate of drug-likeness (QED) is 0.716. The van der Waals surface area contributed by atoms with Gasteiger partial charge in [-0.25, -0.2) is 0 Å². The Balaban J connectivity index is 3.02. The fourth-order valence-corrected chi connectivity index (χ4v) is 1.04. The molecule has 0 aromatic carbocycles. The maximum absolute atomic E-state index is 9.60. The second kappa shape index (κ2) is 3.42. The number of halogens is 1. The molecule has 3 heteroatoms. The first-order chi connectivity index (χ1) is 5.54. The minimum Gasteiger partial charge on any atom is -0.384 e. The molecular formula is C9H12ClNO. The Kier molecular flexibility index (Phi) is 2.70. The zero-order valence-electron chi connectivity index (χ0n) is 7.21. The topological polar surface area (TPSA) is 33.1 Å². The van der Waals surface area contributed by atoms with E-state index in [1.54, 1.807) is 19.9 Å². The molecule has 1 N–H and O–H groups in total. The van der Waals surface area contributed by atoms with E-state index >= 15 is 0 Å². The maximum atomic E-state index is 9.60. The molecule has 1 heterocycles. The molecule has 0 fully saturated rings. The van der Waals surface area contributed by atoms with E-state index < -0.39 is 5.60 Å². The standard InChI is InChI=1S/C9H12ClNO/c1-9(2,12)8-5-3-4-7(6-10)11-8/h3-5,12H,6H2,1-2H3. The van der Waals surface area contributed by atoms with Crippen molar-refractivity contribution < 1.29 is 5.11 Å². The van der Waals surface area contributed by atoms with Gasteiger partial charge in [0.1, 0.15) is 5.60 Å². The third kappa shape index (κ3) is 2.19. The Bertz CT molecular complexity index is 267. The number of nitrogens with zero attached hydrogens (tertiary/aromatic N) is 1. The molecule has 0 unspecified atom stereocenters. The van der Waals surface area contributed by atoms with Gasteiger partial charge in [-0.1, -0.05) is 6.07 Å². The van der Waals surface area contributed by atoms with Crippen molar-refractivity contribution in [2.75, 3.05) is 0 Å². The molecule has 1 aromatic rings. The van der Waals surface area contributed by atoms with Crippen LogP contribution in [0.4, 0.5) is 0 Å². The summed E-state index contributed by atoms with van der Waals surface area (Å²) in [5, 5.41) is 9.60. The van der Waals surface area contributed by atoms with Gasteiger partial charge in [-0.15, -0.1) is 11.6 Å². The Labute approximate surface area is 77.2 Å². The Hall–Kier alpha value is -0.600. The van der Waals surface area contributed by atoms with Gasteiger partial charge in [-0.05, 0) is 26.0 Å². The van der Waals surface area contributed by atoms with Crippen molar-refractivity contribution in [1.29, 1.82) is 0 Å². The van der Waals surface area contributed by atoms with Crippen molar-refractivity contribution in [3.63, 3.8) is 0 Å². The third-order valence-electron chi connectivity index (χ3n) is 1.57. The molecule has 0 aliphatic carbocycles. The van der Waals surface area contributed by atoms with Crippen LogP contribution in [0.5, 0.6) is 0 Å². The molecule has 12 heavy (non-hydrogen) atoms. The molecule has 0 saturated carbocycles. The minimum absolute atomic E-state index is 0.379. The number of rotatable bonds is 2. The first-order valence-electron chi connectivity index (χ1n) is 3.79. The van der Waals surface area contributed by atoms with Crippen LogP contribution in [-0.4, -0.2) is 10.1 Å². The number of alkyl halides is 1. The lowest BCUT2D eigenvalue weighted by molar-refractivity contribution is 0.0737. The summed E-state index contributed by atoms with van der Waals surface area (Å²) < 4.78 is 0. The second-order valence-corrected chi connectivity index (χ2v) is 3.47. The van der Waals surface area contributed by atoms with Gasteiger partial charge < -0.3 is 5.11 Å². The molecule has 0 bridgehead atoms. The molecule has 0 spiro atoms. The van der Waals surface area contributed by atoms with Gasteiger partial charge in [0.25, 0.3) is 0 Å². The molecular weight excluding hydrogens is 174 g/mol. The van der Waals surface area contributed by atoms with E-state index in [2.05, 4.69) is 4.98 Å². The lowest BCUT2D eigenvalue weighted by Crippen LogP contribution is -2.17. The van der Waals surface area contributed by atoms with Crippen molar-refractivity contribution in [2.45, 2.75) is 25.3 Å². The molecule has 0 aliphatic rings. The van der Waals surface area contributed by atoms with Gasteiger partial charge in [-0.2, -0.15) is 0 Å². The van der Waals surface area contributed by atoms with Crippen LogP contribution in [0.1, 0.15) is 25.2 Å². The van der Waals surface area contributed by atoms with Crippen LogP contribution in [0.15, 0.2) is 18.2 Å². The van der Waals surface area contributed by atoms with Crippen molar-refractivity contribution in [3.05, 3.63) is 29.6 Å². The zero-order chi connectivity index (χ0) is 9.19. The van der Waals surface area contributed by atoms with Gasteiger partial charge in [0.05, 0.1) is 17.3 Å². The lowest BCUT2D eigenvalue weighted by Gasteiger charge is -2.16. The lowest BCUT2D eigenvalue weighted by atomic mass is 10.0. The number of aliphatic hydroxyl groups is 1. The predicted molar refractivity (Wildman–Crippen MR) is 49.0 cm³/mol. The number of hydrogen-bond donors (Lipinski definition) is 1. The normalized spacial score (nSPS) is 11.7. The van der Waals surface area contributed by atoms with Crippen LogP contribution in [0.25, 0.3) is 0 Å². The van der Waals surface area contributed by atoms with E-state index in [0.29, 0.717) is 11.6 Å². The summed E-state index contributed by atoms with van der Waals surface area (Å²) in [5.41, 5.74) is 0.555. The van der Waals surface area contributed by atoms with Crippen LogP contribution >= 0.6 is 11.6 Å². The molecule has 2 nitrogen and oxygen atoms in total. The van der Waals surface area contributed by atoms with Crippen molar-refractivity contribution >= 4 is 11.6 Å². The predicted octanol–water partition coefficient (Wildman–Crippen LogP) is 2.05. The summed E-state index contributed by atoms with van der Waals surface area (Å²) in [7, 11) is 0. The largest absolute Gasteiger partial charge is 0.384 e. The second-order valence-electron chi connectivity index (χ2n) is 3.21. The molecule has 1 rings (SSSR count). The summed E-state index contributed by atoms with van der Waals surface area (Å²) in [4.78, 5) is 4.18. The molecule has 0 radical (unpaired) electrons. The number of pyridine rings is 1. The first kappa shape index (κ1) is 9.49.